The molecule has 4 nitrogen and oxygen atoms in total. The van der Waals surface area contributed by atoms with Gasteiger partial charge in [-0.3, -0.25) is 4.79 Å². The van der Waals surface area contributed by atoms with Crippen molar-refractivity contribution in [3.8, 4) is 0 Å². The summed E-state index contributed by atoms with van der Waals surface area (Å²) in [5, 5.41) is 3.02. The minimum Gasteiger partial charge on any atom is -0.387 e. The van der Waals surface area contributed by atoms with Crippen molar-refractivity contribution in [2.75, 3.05) is 12.4 Å². The maximum atomic E-state index is 11.1. The van der Waals surface area contributed by atoms with Crippen LogP contribution in [0, 0.1) is 0 Å². The van der Waals surface area contributed by atoms with Crippen molar-refractivity contribution in [1.82, 2.24) is 9.38 Å². The van der Waals surface area contributed by atoms with Crippen LogP contribution < -0.4 is 5.32 Å². The minimum atomic E-state index is -0.0142. The minimum absolute atomic E-state index is 0.0142. The molecule has 4 heteroatoms. The standard InChI is InChI=1S/C10H11N3O/c1-7(14)9-6-13-5-8(11-2)3-4-10(13)12-9/h3-6,11H,1-2H3. The maximum Gasteiger partial charge on any atom is 0.179 e. The molecule has 2 heterocycles. The molecule has 14 heavy (non-hydrogen) atoms. The van der Waals surface area contributed by atoms with Crippen LogP contribution in [0.3, 0.4) is 0 Å². The van der Waals surface area contributed by atoms with Crippen molar-refractivity contribution >= 4 is 17.1 Å². The lowest BCUT2D eigenvalue weighted by Crippen LogP contribution is -1.90. The fraction of sp³-hybridized carbons (Fsp3) is 0.200. The lowest BCUT2D eigenvalue weighted by atomic mass is 10.3. The highest BCUT2D eigenvalue weighted by molar-refractivity contribution is 5.92. The second kappa shape index (κ2) is 3.14. The van der Waals surface area contributed by atoms with E-state index in [9.17, 15) is 4.79 Å². The van der Waals surface area contributed by atoms with Gasteiger partial charge in [0.25, 0.3) is 0 Å². The van der Waals surface area contributed by atoms with Crippen LogP contribution in [-0.2, 0) is 0 Å². The van der Waals surface area contributed by atoms with E-state index in [1.165, 1.54) is 6.92 Å². The first-order chi connectivity index (χ1) is 6.70. The van der Waals surface area contributed by atoms with Crippen molar-refractivity contribution in [2.24, 2.45) is 0 Å². The van der Waals surface area contributed by atoms with E-state index in [0.29, 0.717) is 5.69 Å². The Kier molecular flexibility index (Phi) is 1.96. The van der Waals surface area contributed by atoms with Crippen LogP contribution in [0.2, 0.25) is 0 Å². The third-order valence-corrected chi connectivity index (χ3v) is 2.10. The highest BCUT2D eigenvalue weighted by Crippen LogP contribution is 2.11. The number of carbonyl (C=O) groups is 1. The molecule has 1 N–H and O–H groups in total. The summed E-state index contributed by atoms with van der Waals surface area (Å²) >= 11 is 0. The van der Waals surface area contributed by atoms with Crippen molar-refractivity contribution < 1.29 is 4.79 Å². The van der Waals surface area contributed by atoms with Gasteiger partial charge in [0.2, 0.25) is 0 Å². The van der Waals surface area contributed by atoms with Gasteiger partial charge in [-0.15, -0.1) is 0 Å². The van der Waals surface area contributed by atoms with Gasteiger partial charge in [0.05, 0.1) is 5.69 Å². The van der Waals surface area contributed by atoms with Gasteiger partial charge in [0.1, 0.15) is 11.3 Å². The van der Waals surface area contributed by atoms with Crippen LogP contribution in [-0.4, -0.2) is 22.2 Å². The van der Waals surface area contributed by atoms with Crippen LogP contribution in [0.25, 0.3) is 5.65 Å². The lowest BCUT2D eigenvalue weighted by molar-refractivity contribution is 0.101. The maximum absolute atomic E-state index is 11.1. The van der Waals surface area contributed by atoms with Gasteiger partial charge in [0.15, 0.2) is 5.78 Å². The van der Waals surface area contributed by atoms with E-state index in [-0.39, 0.29) is 5.78 Å². The molecule has 0 aliphatic heterocycles. The molecule has 2 aromatic rings. The number of fused-ring (bicyclic) bond motifs is 1. The zero-order valence-corrected chi connectivity index (χ0v) is 8.11. The van der Waals surface area contributed by atoms with E-state index in [1.807, 2.05) is 29.8 Å². The molecule has 2 aromatic heterocycles. The molecule has 0 spiro atoms. The molecule has 0 amide bonds. The summed E-state index contributed by atoms with van der Waals surface area (Å²) in [6.07, 6.45) is 3.63. The zero-order valence-electron chi connectivity index (χ0n) is 8.11. The molecular formula is C10H11N3O. The Morgan fingerprint density at radius 3 is 2.86 bits per heavy atom. The summed E-state index contributed by atoms with van der Waals surface area (Å²) in [7, 11) is 1.85. The summed E-state index contributed by atoms with van der Waals surface area (Å²) < 4.78 is 1.84. The summed E-state index contributed by atoms with van der Waals surface area (Å²) in [5.41, 5.74) is 2.28. The second-order valence-corrected chi connectivity index (χ2v) is 3.12. The van der Waals surface area contributed by atoms with Crippen molar-refractivity contribution in [2.45, 2.75) is 6.92 Å². The van der Waals surface area contributed by atoms with Crippen LogP contribution >= 0.6 is 0 Å². The van der Waals surface area contributed by atoms with Crippen molar-refractivity contribution in [3.63, 3.8) is 0 Å². The van der Waals surface area contributed by atoms with Crippen molar-refractivity contribution in [3.05, 3.63) is 30.2 Å². The number of imidazole rings is 1. The van der Waals surface area contributed by atoms with Crippen LogP contribution in [0.4, 0.5) is 5.69 Å². The second-order valence-electron chi connectivity index (χ2n) is 3.12. The Bertz CT molecular complexity index is 487. The molecule has 0 fully saturated rings. The van der Waals surface area contributed by atoms with Gasteiger partial charge < -0.3 is 9.72 Å². The SMILES string of the molecule is CNc1ccc2nc(C(C)=O)cn2c1. The fourth-order valence-electron chi connectivity index (χ4n) is 1.31. The van der Waals surface area contributed by atoms with E-state index < -0.39 is 0 Å². The predicted molar refractivity (Wildman–Crippen MR) is 54.7 cm³/mol. The number of hydrogen-bond donors (Lipinski definition) is 1. The first kappa shape index (κ1) is 8.74. The van der Waals surface area contributed by atoms with E-state index in [2.05, 4.69) is 10.3 Å². The third-order valence-electron chi connectivity index (χ3n) is 2.10. The number of aromatic nitrogens is 2. The lowest BCUT2D eigenvalue weighted by Gasteiger charge is -1.99. The quantitative estimate of drug-likeness (QED) is 0.729. The Balaban J connectivity index is 2.60. The van der Waals surface area contributed by atoms with Gasteiger partial charge in [0, 0.05) is 26.4 Å². The summed E-state index contributed by atoms with van der Waals surface area (Å²) in [6.45, 7) is 1.51. The van der Waals surface area contributed by atoms with Crippen LogP contribution in [0.5, 0.6) is 0 Å². The number of Topliss-reactive ketones (excluding diaryl/α,β-unsaturated/α-hetero) is 1. The van der Waals surface area contributed by atoms with Gasteiger partial charge in [-0.1, -0.05) is 0 Å². The Morgan fingerprint density at radius 2 is 2.21 bits per heavy atom. The molecule has 0 aliphatic rings. The van der Waals surface area contributed by atoms with E-state index in [1.54, 1.807) is 6.20 Å². The number of pyridine rings is 1. The number of nitrogens with zero attached hydrogens (tertiary/aromatic N) is 2. The average molecular weight is 189 g/mol. The van der Waals surface area contributed by atoms with Crippen LogP contribution in [0.1, 0.15) is 17.4 Å². The molecule has 2 rings (SSSR count). The normalized spacial score (nSPS) is 10.4. The molecule has 0 radical (unpaired) electrons. The van der Waals surface area contributed by atoms with Gasteiger partial charge >= 0.3 is 0 Å². The molecule has 72 valence electrons. The topological polar surface area (TPSA) is 46.4 Å². The number of anilines is 1. The summed E-state index contributed by atoms with van der Waals surface area (Å²) in [4.78, 5) is 15.3. The molecule has 0 unspecified atom stereocenters. The van der Waals surface area contributed by atoms with E-state index >= 15 is 0 Å². The number of ketones is 1. The van der Waals surface area contributed by atoms with E-state index in [4.69, 9.17) is 0 Å². The van der Waals surface area contributed by atoms with Gasteiger partial charge in [-0.2, -0.15) is 0 Å². The Morgan fingerprint density at radius 1 is 1.43 bits per heavy atom. The number of rotatable bonds is 2. The molecule has 0 saturated heterocycles. The van der Waals surface area contributed by atoms with Gasteiger partial charge in [-0.05, 0) is 12.1 Å². The smallest absolute Gasteiger partial charge is 0.179 e. The van der Waals surface area contributed by atoms with Gasteiger partial charge in [-0.25, -0.2) is 4.98 Å². The first-order valence-corrected chi connectivity index (χ1v) is 4.38. The first-order valence-electron chi connectivity index (χ1n) is 4.38. The molecule has 0 bridgehead atoms. The van der Waals surface area contributed by atoms with Crippen molar-refractivity contribution in [1.29, 1.82) is 0 Å². The molecule has 0 atom stereocenters. The Labute approximate surface area is 81.6 Å². The average Bonchev–Trinajstić information content (AvgIpc) is 2.59. The number of nitrogens with one attached hydrogen (secondary N) is 1. The zero-order chi connectivity index (χ0) is 10.1. The number of hydrogen-bond acceptors (Lipinski definition) is 3. The fourth-order valence-corrected chi connectivity index (χ4v) is 1.31. The predicted octanol–water partition coefficient (Wildman–Crippen LogP) is 1.58. The molecule has 0 aliphatic carbocycles. The van der Waals surface area contributed by atoms with E-state index in [0.717, 1.165) is 11.3 Å². The Hall–Kier alpha value is -1.84. The molecule has 0 saturated carbocycles. The molecule has 0 aromatic carbocycles. The molecular weight excluding hydrogens is 178 g/mol. The summed E-state index contributed by atoms with van der Waals surface area (Å²) in [5.74, 6) is -0.0142. The third kappa shape index (κ3) is 1.35. The highest BCUT2D eigenvalue weighted by Gasteiger charge is 2.05. The summed E-state index contributed by atoms with van der Waals surface area (Å²) in [6, 6.07) is 3.80. The highest BCUT2D eigenvalue weighted by atomic mass is 16.1. The monoisotopic (exact) mass is 189 g/mol. The number of carbonyl (C=O) groups excluding carboxylic acids is 1. The van der Waals surface area contributed by atoms with Crippen LogP contribution in [0.15, 0.2) is 24.5 Å². The largest absolute Gasteiger partial charge is 0.387 e.